The molecule has 1 aromatic carbocycles. The van der Waals surface area contributed by atoms with Gasteiger partial charge in [-0.05, 0) is 50.1 Å². The van der Waals surface area contributed by atoms with Crippen LogP contribution in [-0.4, -0.2) is 40.8 Å². The van der Waals surface area contributed by atoms with Gasteiger partial charge in [0.1, 0.15) is 11.4 Å². The Morgan fingerprint density at radius 3 is 2.45 bits per heavy atom. The van der Waals surface area contributed by atoms with Gasteiger partial charge in [0.2, 0.25) is 0 Å². The van der Waals surface area contributed by atoms with E-state index in [9.17, 15) is 32.3 Å². The van der Waals surface area contributed by atoms with Crippen molar-refractivity contribution in [2.75, 3.05) is 18.5 Å². The standard InChI is InChI=1S/C24H23F3N4O7/c1-3-36-14-8-7-13(12-16(14)37-4-2)9-10-31-18-17(20(33)29-22(31)35)23(21(34)28-18,24(25,26)27)30-19(32)15-6-5-11-38-15/h5-8,11-12H,3-4,9-10H2,1-2H3,(H,28,34)(H,30,32)(H,29,33,35). The van der Waals surface area contributed by atoms with Gasteiger partial charge in [-0.3, -0.25) is 23.9 Å². The molecular formula is C24H23F3N4O7. The molecule has 202 valence electrons. The maximum atomic E-state index is 14.5. The highest BCUT2D eigenvalue weighted by Gasteiger charge is 2.68. The molecule has 3 N–H and O–H groups in total. The van der Waals surface area contributed by atoms with E-state index in [0.29, 0.717) is 30.3 Å². The molecule has 0 aliphatic carbocycles. The van der Waals surface area contributed by atoms with E-state index in [1.54, 1.807) is 37.4 Å². The van der Waals surface area contributed by atoms with Gasteiger partial charge in [0.25, 0.3) is 22.9 Å². The van der Waals surface area contributed by atoms with Gasteiger partial charge in [0.05, 0.1) is 19.5 Å². The number of nitrogens with zero attached hydrogens (tertiary/aromatic N) is 1. The van der Waals surface area contributed by atoms with Crippen LogP contribution in [0.25, 0.3) is 0 Å². The second-order valence-corrected chi connectivity index (χ2v) is 8.16. The van der Waals surface area contributed by atoms with Crippen molar-refractivity contribution in [3.63, 3.8) is 0 Å². The minimum absolute atomic E-state index is 0.110. The first-order valence-electron chi connectivity index (χ1n) is 11.5. The van der Waals surface area contributed by atoms with Gasteiger partial charge in [0.15, 0.2) is 17.3 Å². The van der Waals surface area contributed by atoms with Crippen molar-refractivity contribution in [1.82, 2.24) is 14.9 Å². The van der Waals surface area contributed by atoms with Gasteiger partial charge in [-0.25, -0.2) is 4.79 Å². The molecule has 3 aromatic rings. The van der Waals surface area contributed by atoms with Crippen molar-refractivity contribution in [3.8, 4) is 11.5 Å². The lowest BCUT2D eigenvalue weighted by Gasteiger charge is -2.29. The van der Waals surface area contributed by atoms with Crippen molar-refractivity contribution in [1.29, 1.82) is 0 Å². The molecule has 1 aliphatic heterocycles. The summed E-state index contributed by atoms with van der Waals surface area (Å²) in [6.45, 7) is 4.12. The number of benzene rings is 1. The van der Waals surface area contributed by atoms with Crippen LogP contribution in [0, 0.1) is 0 Å². The molecule has 14 heteroatoms. The Labute approximate surface area is 212 Å². The number of halogens is 3. The summed E-state index contributed by atoms with van der Waals surface area (Å²) in [5, 5.41) is 3.59. The number of anilines is 1. The summed E-state index contributed by atoms with van der Waals surface area (Å²) >= 11 is 0. The van der Waals surface area contributed by atoms with E-state index in [1.165, 1.54) is 6.07 Å². The fourth-order valence-corrected chi connectivity index (χ4v) is 4.17. The predicted molar refractivity (Wildman–Crippen MR) is 126 cm³/mol. The fourth-order valence-electron chi connectivity index (χ4n) is 4.17. The maximum Gasteiger partial charge on any atom is 0.425 e. The van der Waals surface area contributed by atoms with E-state index in [2.05, 4.69) is 0 Å². The molecule has 38 heavy (non-hydrogen) atoms. The first-order valence-corrected chi connectivity index (χ1v) is 11.5. The van der Waals surface area contributed by atoms with E-state index in [0.717, 1.165) is 16.9 Å². The molecule has 0 bridgehead atoms. The van der Waals surface area contributed by atoms with E-state index >= 15 is 0 Å². The van der Waals surface area contributed by atoms with E-state index in [4.69, 9.17) is 13.9 Å². The Hall–Kier alpha value is -4.49. The number of aromatic nitrogens is 2. The van der Waals surface area contributed by atoms with Gasteiger partial charge >= 0.3 is 11.9 Å². The molecule has 1 aliphatic rings. The summed E-state index contributed by atoms with van der Waals surface area (Å²) in [5.74, 6) is -3.38. The zero-order valence-electron chi connectivity index (χ0n) is 20.2. The Morgan fingerprint density at radius 1 is 1.11 bits per heavy atom. The van der Waals surface area contributed by atoms with Crippen LogP contribution in [-0.2, 0) is 23.3 Å². The molecule has 0 radical (unpaired) electrons. The van der Waals surface area contributed by atoms with Crippen molar-refractivity contribution in [3.05, 3.63) is 74.3 Å². The lowest BCUT2D eigenvalue weighted by atomic mass is 9.91. The third-order valence-corrected chi connectivity index (χ3v) is 5.85. The summed E-state index contributed by atoms with van der Waals surface area (Å²) in [4.78, 5) is 52.5. The maximum absolute atomic E-state index is 14.5. The van der Waals surface area contributed by atoms with Gasteiger partial charge in [-0.15, -0.1) is 0 Å². The van der Waals surface area contributed by atoms with Crippen molar-refractivity contribution >= 4 is 17.6 Å². The second-order valence-electron chi connectivity index (χ2n) is 8.16. The average molecular weight is 536 g/mol. The number of aryl methyl sites for hydroxylation is 1. The Kier molecular flexibility index (Phi) is 7.07. The SMILES string of the molecule is CCOc1ccc(CCn2c3c(c(=O)[nH]c2=O)C(NC(=O)c2ccco2)(C(F)(F)F)C(=O)N3)cc1OCC. The number of carbonyl (C=O) groups excluding carboxylic acids is 2. The molecule has 0 saturated carbocycles. The summed E-state index contributed by atoms with van der Waals surface area (Å²) < 4.78 is 60.1. The van der Waals surface area contributed by atoms with E-state index in [1.807, 2.05) is 10.3 Å². The highest BCUT2D eigenvalue weighted by molar-refractivity contribution is 6.08. The molecule has 0 fully saturated rings. The van der Waals surface area contributed by atoms with Crippen LogP contribution in [0.4, 0.5) is 19.0 Å². The molecule has 2 amide bonds. The quantitative estimate of drug-likeness (QED) is 0.381. The van der Waals surface area contributed by atoms with Crippen LogP contribution in [0.15, 0.2) is 50.6 Å². The highest BCUT2D eigenvalue weighted by atomic mass is 19.4. The van der Waals surface area contributed by atoms with Gasteiger partial charge in [0, 0.05) is 6.54 Å². The van der Waals surface area contributed by atoms with Crippen LogP contribution in [0.1, 0.15) is 35.5 Å². The normalized spacial score (nSPS) is 16.6. The summed E-state index contributed by atoms with van der Waals surface area (Å²) in [7, 11) is 0. The van der Waals surface area contributed by atoms with Crippen molar-refractivity contribution in [2.24, 2.45) is 0 Å². The number of hydrogen-bond donors (Lipinski definition) is 3. The number of fused-ring (bicyclic) bond motifs is 1. The summed E-state index contributed by atoms with van der Waals surface area (Å²) in [6, 6.07) is 7.36. The number of furan rings is 1. The number of carbonyl (C=O) groups is 2. The van der Waals surface area contributed by atoms with Crippen molar-refractivity contribution < 1.29 is 36.7 Å². The van der Waals surface area contributed by atoms with Gasteiger partial charge in [-0.2, -0.15) is 13.2 Å². The Balaban J connectivity index is 1.75. The number of nitrogens with one attached hydrogen (secondary N) is 3. The predicted octanol–water partition coefficient (Wildman–Crippen LogP) is 2.31. The van der Waals surface area contributed by atoms with Crippen LogP contribution in [0.5, 0.6) is 11.5 Å². The number of amides is 2. The van der Waals surface area contributed by atoms with Gasteiger partial charge < -0.3 is 24.5 Å². The molecule has 1 unspecified atom stereocenters. The van der Waals surface area contributed by atoms with Crippen LogP contribution < -0.4 is 31.4 Å². The number of rotatable bonds is 9. The number of aromatic amines is 1. The monoisotopic (exact) mass is 536 g/mol. The first-order chi connectivity index (χ1) is 18.0. The fraction of sp³-hybridized carbons (Fsp3) is 0.333. The van der Waals surface area contributed by atoms with E-state index < -0.39 is 51.9 Å². The molecule has 2 aromatic heterocycles. The summed E-state index contributed by atoms with van der Waals surface area (Å²) in [6.07, 6.45) is -4.29. The summed E-state index contributed by atoms with van der Waals surface area (Å²) in [5.41, 5.74) is -6.80. The largest absolute Gasteiger partial charge is 0.490 e. The molecule has 0 spiro atoms. The molecule has 1 atom stereocenters. The van der Waals surface area contributed by atoms with E-state index in [-0.39, 0.29) is 13.0 Å². The Bertz CT molecular complexity index is 1480. The third-order valence-electron chi connectivity index (χ3n) is 5.85. The molecule has 0 saturated heterocycles. The zero-order chi connectivity index (χ0) is 27.7. The van der Waals surface area contributed by atoms with Gasteiger partial charge in [-0.1, -0.05) is 6.07 Å². The molecule has 4 rings (SSSR count). The number of hydrogen-bond acceptors (Lipinski definition) is 7. The second kappa shape index (κ2) is 10.1. The number of H-pyrrole nitrogens is 1. The lowest BCUT2D eigenvalue weighted by molar-refractivity contribution is -0.196. The minimum atomic E-state index is -5.46. The molecule has 3 heterocycles. The molecular weight excluding hydrogens is 513 g/mol. The smallest absolute Gasteiger partial charge is 0.425 e. The third kappa shape index (κ3) is 4.53. The average Bonchev–Trinajstić information content (AvgIpc) is 3.48. The number of ether oxygens (including phenoxy) is 2. The highest BCUT2D eigenvalue weighted by Crippen LogP contribution is 2.45. The van der Waals surface area contributed by atoms with Crippen LogP contribution >= 0.6 is 0 Å². The topological polar surface area (TPSA) is 145 Å². The number of alkyl halides is 3. The first kappa shape index (κ1) is 26.6. The lowest BCUT2D eigenvalue weighted by Crippen LogP contribution is -2.62. The zero-order valence-corrected chi connectivity index (χ0v) is 20.2. The van der Waals surface area contributed by atoms with Crippen LogP contribution in [0.3, 0.4) is 0 Å². The molecule has 11 nitrogen and oxygen atoms in total. The Morgan fingerprint density at radius 2 is 1.82 bits per heavy atom. The minimum Gasteiger partial charge on any atom is -0.490 e. The van der Waals surface area contributed by atoms with Crippen LogP contribution in [0.2, 0.25) is 0 Å². The van der Waals surface area contributed by atoms with Crippen molar-refractivity contribution in [2.45, 2.75) is 38.5 Å².